The number of nitrogens with zero attached hydrogens (tertiary/aromatic N) is 7. The zero-order valence-electron chi connectivity index (χ0n) is 18.5. The van der Waals surface area contributed by atoms with E-state index in [1.165, 1.54) is 5.56 Å². The molecule has 0 unspecified atom stereocenters. The van der Waals surface area contributed by atoms with Crippen LogP contribution in [0.4, 0.5) is 5.82 Å². The monoisotopic (exact) mass is 427 g/mol. The highest BCUT2D eigenvalue weighted by atomic mass is 16.1. The molecule has 0 radical (unpaired) electrons. The molecule has 0 saturated carbocycles. The molecule has 1 saturated heterocycles. The van der Waals surface area contributed by atoms with Crippen LogP contribution in [0, 0.1) is 26.7 Å². The van der Waals surface area contributed by atoms with E-state index in [4.69, 9.17) is 0 Å². The van der Waals surface area contributed by atoms with Crippen LogP contribution in [0.1, 0.15) is 39.6 Å². The summed E-state index contributed by atoms with van der Waals surface area (Å²) in [5.41, 5.74) is 5.82. The second kappa shape index (κ2) is 8.11. The van der Waals surface area contributed by atoms with Crippen molar-refractivity contribution in [3.63, 3.8) is 0 Å². The zero-order chi connectivity index (χ0) is 22.2. The number of aryl methyl sites for hydroxylation is 3. The highest BCUT2D eigenvalue weighted by Gasteiger charge is 2.26. The van der Waals surface area contributed by atoms with Crippen LogP contribution in [0.25, 0.3) is 17.0 Å². The maximum atomic E-state index is 10.8. The fourth-order valence-electron chi connectivity index (χ4n) is 4.47. The average molecular weight is 428 g/mol. The van der Waals surface area contributed by atoms with Crippen LogP contribution in [0.5, 0.6) is 0 Å². The predicted octanol–water partition coefficient (Wildman–Crippen LogP) is 3.39. The molecular weight excluding hydrogens is 402 g/mol. The Balaban J connectivity index is 1.29. The third-order valence-corrected chi connectivity index (χ3v) is 6.24. The number of benzene rings is 1. The molecule has 0 bridgehead atoms. The zero-order valence-corrected chi connectivity index (χ0v) is 18.5. The maximum absolute atomic E-state index is 10.8. The van der Waals surface area contributed by atoms with Crippen molar-refractivity contribution in [3.05, 3.63) is 65.0 Å². The predicted molar refractivity (Wildman–Crippen MR) is 122 cm³/mol. The highest BCUT2D eigenvalue weighted by molar-refractivity contribution is 5.76. The largest absolute Gasteiger partial charge is 0.355 e. The molecule has 0 aliphatic carbocycles. The minimum atomic E-state index is 0.522. The van der Waals surface area contributed by atoms with Crippen LogP contribution in [0.3, 0.4) is 0 Å². The summed E-state index contributed by atoms with van der Waals surface area (Å²) in [6, 6.07) is 7.37. The van der Waals surface area contributed by atoms with Gasteiger partial charge in [0.2, 0.25) is 0 Å². The SMILES string of the molecule is Cc1nc2nc(C)c(C[C@@H]3CCN(c4cnc(-c5ccc(C=O)cc5)cn4)C3)c(C)n2n1. The number of carbonyl (C=O) groups is 1. The summed E-state index contributed by atoms with van der Waals surface area (Å²) >= 11 is 0. The minimum absolute atomic E-state index is 0.522. The van der Waals surface area contributed by atoms with E-state index >= 15 is 0 Å². The molecule has 0 amide bonds. The topological polar surface area (TPSA) is 89.2 Å². The minimum Gasteiger partial charge on any atom is -0.355 e. The molecule has 1 aliphatic rings. The van der Waals surface area contributed by atoms with Gasteiger partial charge in [-0.25, -0.2) is 14.5 Å². The van der Waals surface area contributed by atoms with Crippen molar-refractivity contribution in [3.8, 4) is 11.3 Å². The first kappa shape index (κ1) is 20.2. The lowest BCUT2D eigenvalue weighted by molar-refractivity contribution is 0.112. The molecule has 1 atom stereocenters. The fraction of sp³-hybridized carbons (Fsp3) is 0.333. The van der Waals surface area contributed by atoms with Gasteiger partial charge in [-0.3, -0.25) is 9.78 Å². The smallest absolute Gasteiger partial charge is 0.252 e. The van der Waals surface area contributed by atoms with Gasteiger partial charge < -0.3 is 4.90 Å². The molecule has 5 rings (SSSR count). The van der Waals surface area contributed by atoms with Crippen molar-refractivity contribution in [2.45, 2.75) is 33.6 Å². The van der Waals surface area contributed by atoms with Gasteiger partial charge in [0.1, 0.15) is 17.9 Å². The molecule has 1 aromatic carbocycles. The van der Waals surface area contributed by atoms with Crippen molar-refractivity contribution < 1.29 is 4.79 Å². The average Bonchev–Trinajstić information content (AvgIpc) is 3.43. The Morgan fingerprint density at radius 1 is 1.06 bits per heavy atom. The molecular formula is C24H25N7O. The van der Waals surface area contributed by atoms with E-state index in [1.807, 2.05) is 29.8 Å². The fourth-order valence-corrected chi connectivity index (χ4v) is 4.47. The molecule has 0 spiro atoms. The van der Waals surface area contributed by atoms with Crippen molar-refractivity contribution in [2.75, 3.05) is 18.0 Å². The van der Waals surface area contributed by atoms with E-state index in [0.29, 0.717) is 17.3 Å². The summed E-state index contributed by atoms with van der Waals surface area (Å²) in [4.78, 5) is 31.5. The Morgan fingerprint density at radius 2 is 1.88 bits per heavy atom. The lowest BCUT2D eigenvalue weighted by Crippen LogP contribution is -2.22. The number of carbonyl (C=O) groups excluding carboxylic acids is 1. The Kier molecular flexibility index (Phi) is 5.13. The quantitative estimate of drug-likeness (QED) is 0.451. The second-order valence-electron chi connectivity index (χ2n) is 8.44. The molecule has 3 aromatic heterocycles. The van der Waals surface area contributed by atoms with Crippen LogP contribution in [-0.2, 0) is 6.42 Å². The lowest BCUT2D eigenvalue weighted by Gasteiger charge is -2.18. The number of aldehydes is 1. The van der Waals surface area contributed by atoms with E-state index in [-0.39, 0.29) is 0 Å². The van der Waals surface area contributed by atoms with E-state index in [1.54, 1.807) is 18.3 Å². The first-order valence-corrected chi connectivity index (χ1v) is 10.8. The van der Waals surface area contributed by atoms with Gasteiger partial charge in [0, 0.05) is 35.6 Å². The molecule has 1 fully saturated rings. The van der Waals surface area contributed by atoms with Gasteiger partial charge in [-0.15, -0.1) is 0 Å². The standard InChI is InChI=1S/C24H25N7O/c1-15-21(16(2)31-24(27-15)28-17(3)29-31)10-19-8-9-30(13-19)23-12-25-22(11-26-23)20-6-4-18(14-32)5-7-20/h4-7,11-12,14,19H,8-10,13H2,1-3H3/t19-/m0/s1. The Morgan fingerprint density at radius 3 is 2.59 bits per heavy atom. The molecule has 0 N–H and O–H groups in total. The van der Waals surface area contributed by atoms with Gasteiger partial charge in [0.05, 0.1) is 18.1 Å². The Bertz CT molecular complexity index is 1280. The third-order valence-electron chi connectivity index (χ3n) is 6.24. The van der Waals surface area contributed by atoms with E-state index in [2.05, 4.69) is 43.8 Å². The van der Waals surface area contributed by atoms with Crippen LogP contribution in [-0.4, -0.2) is 48.9 Å². The van der Waals surface area contributed by atoms with Crippen LogP contribution in [0.15, 0.2) is 36.7 Å². The molecule has 8 nitrogen and oxygen atoms in total. The van der Waals surface area contributed by atoms with E-state index < -0.39 is 0 Å². The Hall–Kier alpha value is -3.68. The van der Waals surface area contributed by atoms with Crippen molar-refractivity contribution in [1.82, 2.24) is 29.5 Å². The second-order valence-corrected chi connectivity index (χ2v) is 8.44. The van der Waals surface area contributed by atoms with Gasteiger partial charge in [0.25, 0.3) is 5.78 Å². The Labute approximate surface area is 186 Å². The summed E-state index contributed by atoms with van der Waals surface area (Å²) in [7, 11) is 0. The molecule has 4 aromatic rings. The summed E-state index contributed by atoms with van der Waals surface area (Å²) in [5, 5.41) is 4.49. The molecule has 8 heteroatoms. The van der Waals surface area contributed by atoms with Crippen molar-refractivity contribution in [2.24, 2.45) is 5.92 Å². The summed E-state index contributed by atoms with van der Waals surface area (Å²) in [6.07, 6.45) is 6.55. The first-order chi connectivity index (χ1) is 15.5. The normalized spacial score (nSPS) is 16.1. The third kappa shape index (κ3) is 3.72. The van der Waals surface area contributed by atoms with E-state index in [9.17, 15) is 4.79 Å². The molecule has 1 aliphatic heterocycles. The van der Waals surface area contributed by atoms with Gasteiger partial charge >= 0.3 is 0 Å². The maximum Gasteiger partial charge on any atom is 0.252 e. The van der Waals surface area contributed by atoms with Gasteiger partial charge in [-0.2, -0.15) is 10.1 Å². The number of aromatic nitrogens is 6. The summed E-state index contributed by atoms with van der Waals surface area (Å²) in [6.45, 7) is 7.96. The number of anilines is 1. The highest BCUT2D eigenvalue weighted by Crippen LogP contribution is 2.27. The van der Waals surface area contributed by atoms with E-state index in [0.717, 1.165) is 66.5 Å². The van der Waals surface area contributed by atoms with Crippen LogP contribution in [0.2, 0.25) is 0 Å². The summed E-state index contributed by atoms with van der Waals surface area (Å²) in [5.74, 6) is 2.83. The van der Waals surface area contributed by atoms with Crippen molar-refractivity contribution >= 4 is 17.9 Å². The molecule has 162 valence electrons. The van der Waals surface area contributed by atoms with Crippen molar-refractivity contribution in [1.29, 1.82) is 0 Å². The first-order valence-electron chi connectivity index (χ1n) is 10.8. The number of rotatable bonds is 5. The van der Waals surface area contributed by atoms with Gasteiger partial charge in [0.15, 0.2) is 0 Å². The lowest BCUT2D eigenvalue weighted by atomic mass is 9.96. The van der Waals surface area contributed by atoms with Gasteiger partial charge in [-0.05, 0) is 45.1 Å². The number of hydrogen-bond donors (Lipinski definition) is 0. The molecule has 32 heavy (non-hydrogen) atoms. The van der Waals surface area contributed by atoms with Gasteiger partial charge in [-0.1, -0.05) is 24.3 Å². The molecule has 4 heterocycles. The van der Waals surface area contributed by atoms with Crippen LogP contribution >= 0.6 is 0 Å². The number of fused-ring (bicyclic) bond motifs is 1. The van der Waals surface area contributed by atoms with Crippen LogP contribution < -0.4 is 4.90 Å². The summed E-state index contributed by atoms with van der Waals surface area (Å²) < 4.78 is 1.86. The number of hydrogen-bond acceptors (Lipinski definition) is 7.